The summed E-state index contributed by atoms with van der Waals surface area (Å²) < 4.78 is 28.3. The van der Waals surface area contributed by atoms with Crippen molar-refractivity contribution in [1.82, 2.24) is 0 Å². The number of benzene rings is 1. The second kappa shape index (κ2) is 5.80. The van der Waals surface area contributed by atoms with Crippen molar-refractivity contribution < 1.29 is 18.6 Å². The zero-order chi connectivity index (χ0) is 12.1. The van der Waals surface area contributed by atoms with E-state index in [2.05, 4.69) is 4.74 Å². The van der Waals surface area contributed by atoms with Gasteiger partial charge in [-0.15, -0.1) is 0 Å². The number of aliphatic hydroxyl groups excluding tert-OH is 1. The zero-order valence-corrected chi connectivity index (χ0v) is 9.36. The summed E-state index contributed by atoms with van der Waals surface area (Å²) in [6.07, 6.45) is 0.174. The van der Waals surface area contributed by atoms with Gasteiger partial charge in [-0.25, -0.2) is 0 Å². The zero-order valence-electron chi connectivity index (χ0n) is 9.36. The molecule has 0 radical (unpaired) electrons. The lowest BCUT2D eigenvalue weighted by Gasteiger charge is -2.18. The summed E-state index contributed by atoms with van der Waals surface area (Å²) in [7, 11) is 0. The fourth-order valence-electron chi connectivity index (χ4n) is 1.43. The maximum absolute atomic E-state index is 12.0. The molecule has 0 saturated carbocycles. The molecule has 0 aliphatic carbocycles. The van der Waals surface area contributed by atoms with Crippen molar-refractivity contribution in [3.63, 3.8) is 0 Å². The van der Waals surface area contributed by atoms with Crippen molar-refractivity contribution in [2.45, 2.75) is 33.0 Å². The maximum Gasteiger partial charge on any atom is 0.387 e. The van der Waals surface area contributed by atoms with Gasteiger partial charge in [-0.2, -0.15) is 8.78 Å². The lowest BCUT2D eigenvalue weighted by molar-refractivity contribution is -0.0500. The van der Waals surface area contributed by atoms with Crippen LogP contribution in [0.15, 0.2) is 24.3 Å². The molecule has 90 valence electrons. The van der Waals surface area contributed by atoms with E-state index in [-0.39, 0.29) is 11.7 Å². The van der Waals surface area contributed by atoms with Gasteiger partial charge in [-0.3, -0.25) is 0 Å². The molecule has 16 heavy (non-hydrogen) atoms. The third kappa shape index (κ3) is 3.45. The smallest absolute Gasteiger partial charge is 0.387 e. The number of alkyl halides is 2. The summed E-state index contributed by atoms with van der Waals surface area (Å²) >= 11 is 0. The van der Waals surface area contributed by atoms with Gasteiger partial charge >= 0.3 is 6.61 Å². The highest BCUT2D eigenvalue weighted by atomic mass is 19.3. The Balaban J connectivity index is 2.81. The first-order valence-electron chi connectivity index (χ1n) is 5.27. The van der Waals surface area contributed by atoms with E-state index in [0.717, 1.165) is 6.42 Å². The van der Waals surface area contributed by atoms with Crippen LogP contribution in [0.25, 0.3) is 0 Å². The van der Waals surface area contributed by atoms with Crippen LogP contribution in [0.4, 0.5) is 8.78 Å². The van der Waals surface area contributed by atoms with Gasteiger partial charge in [0.25, 0.3) is 0 Å². The summed E-state index contributed by atoms with van der Waals surface area (Å²) in [4.78, 5) is 0. The Labute approximate surface area is 93.9 Å². The van der Waals surface area contributed by atoms with E-state index in [1.807, 2.05) is 13.8 Å². The Morgan fingerprint density at radius 2 is 2.06 bits per heavy atom. The van der Waals surface area contributed by atoms with E-state index in [9.17, 15) is 13.9 Å². The van der Waals surface area contributed by atoms with Gasteiger partial charge in [0.15, 0.2) is 0 Å². The minimum atomic E-state index is -2.84. The second-order valence-corrected chi connectivity index (χ2v) is 3.78. The van der Waals surface area contributed by atoms with Crippen molar-refractivity contribution in [3.05, 3.63) is 29.8 Å². The molecular weight excluding hydrogens is 214 g/mol. The number of rotatable bonds is 5. The lowest BCUT2D eigenvalue weighted by atomic mass is 9.95. The normalized spacial score (nSPS) is 14.9. The average molecular weight is 230 g/mol. The molecule has 0 aliphatic rings. The highest BCUT2D eigenvalue weighted by molar-refractivity contribution is 5.30. The van der Waals surface area contributed by atoms with E-state index < -0.39 is 12.7 Å². The molecule has 0 spiro atoms. The largest absolute Gasteiger partial charge is 0.435 e. The van der Waals surface area contributed by atoms with Gasteiger partial charge in [0.2, 0.25) is 0 Å². The molecule has 0 aliphatic heterocycles. The predicted octanol–water partition coefficient (Wildman–Crippen LogP) is 3.37. The van der Waals surface area contributed by atoms with Gasteiger partial charge in [-0.05, 0) is 23.6 Å². The summed E-state index contributed by atoms with van der Waals surface area (Å²) in [6.45, 7) is 1.04. The fourth-order valence-corrected chi connectivity index (χ4v) is 1.43. The third-order valence-electron chi connectivity index (χ3n) is 2.61. The highest BCUT2D eigenvalue weighted by Crippen LogP contribution is 2.27. The molecule has 0 fully saturated rings. The molecule has 0 saturated heterocycles. The molecule has 2 nitrogen and oxygen atoms in total. The van der Waals surface area contributed by atoms with E-state index >= 15 is 0 Å². The van der Waals surface area contributed by atoms with Crippen LogP contribution in [0.5, 0.6) is 5.75 Å². The van der Waals surface area contributed by atoms with Crippen molar-refractivity contribution in [2.24, 2.45) is 5.92 Å². The van der Waals surface area contributed by atoms with Crippen molar-refractivity contribution >= 4 is 0 Å². The number of halogens is 2. The lowest BCUT2D eigenvalue weighted by Crippen LogP contribution is -2.09. The molecule has 0 amide bonds. The van der Waals surface area contributed by atoms with E-state index in [4.69, 9.17) is 0 Å². The van der Waals surface area contributed by atoms with Crippen LogP contribution in [-0.2, 0) is 0 Å². The van der Waals surface area contributed by atoms with Crippen LogP contribution in [0, 0.1) is 5.92 Å². The monoisotopic (exact) mass is 230 g/mol. The minimum Gasteiger partial charge on any atom is -0.435 e. The molecular formula is C12H16F2O2. The average Bonchev–Trinajstić information content (AvgIpc) is 2.26. The first kappa shape index (κ1) is 12.9. The third-order valence-corrected chi connectivity index (χ3v) is 2.61. The molecule has 4 heteroatoms. The molecule has 1 aromatic carbocycles. The summed E-state index contributed by atoms with van der Waals surface area (Å²) in [5, 5.41) is 9.90. The van der Waals surface area contributed by atoms with Crippen molar-refractivity contribution in [1.29, 1.82) is 0 Å². The van der Waals surface area contributed by atoms with Gasteiger partial charge in [-0.1, -0.05) is 32.4 Å². The number of ether oxygens (including phenoxy) is 1. The standard InChI is InChI=1S/C12H16F2O2/c1-3-8(2)11(15)9-5-4-6-10(7-9)16-12(13)14/h4-8,11-12,15H,3H2,1-2H3. The Hall–Kier alpha value is -1.16. The Bertz CT molecular complexity index is 329. The van der Waals surface area contributed by atoms with Crippen LogP contribution in [-0.4, -0.2) is 11.7 Å². The van der Waals surface area contributed by atoms with E-state index in [1.54, 1.807) is 12.1 Å². The summed E-state index contributed by atoms with van der Waals surface area (Å²) in [6, 6.07) is 6.19. The van der Waals surface area contributed by atoms with Gasteiger partial charge in [0.1, 0.15) is 5.75 Å². The molecule has 2 atom stereocenters. The van der Waals surface area contributed by atoms with Gasteiger partial charge < -0.3 is 9.84 Å². The molecule has 1 N–H and O–H groups in total. The van der Waals surface area contributed by atoms with Crippen LogP contribution in [0.3, 0.4) is 0 Å². The van der Waals surface area contributed by atoms with E-state index in [0.29, 0.717) is 5.56 Å². The number of hydrogen-bond acceptors (Lipinski definition) is 2. The molecule has 0 bridgehead atoms. The Kier molecular flexibility index (Phi) is 4.68. The topological polar surface area (TPSA) is 29.5 Å². The molecule has 0 heterocycles. The Morgan fingerprint density at radius 1 is 1.38 bits per heavy atom. The van der Waals surface area contributed by atoms with Crippen LogP contribution >= 0.6 is 0 Å². The van der Waals surface area contributed by atoms with Crippen LogP contribution < -0.4 is 4.74 Å². The summed E-state index contributed by atoms with van der Waals surface area (Å²) in [5.41, 5.74) is 0.604. The van der Waals surface area contributed by atoms with Gasteiger partial charge in [0.05, 0.1) is 6.10 Å². The second-order valence-electron chi connectivity index (χ2n) is 3.78. The van der Waals surface area contributed by atoms with Gasteiger partial charge in [0, 0.05) is 0 Å². The molecule has 1 aromatic rings. The van der Waals surface area contributed by atoms with Crippen molar-refractivity contribution in [3.8, 4) is 5.75 Å². The first-order valence-corrected chi connectivity index (χ1v) is 5.27. The number of hydrogen-bond donors (Lipinski definition) is 1. The van der Waals surface area contributed by atoms with Crippen LogP contribution in [0.1, 0.15) is 31.9 Å². The summed E-state index contributed by atoms with van der Waals surface area (Å²) in [5.74, 6) is 0.164. The fraction of sp³-hybridized carbons (Fsp3) is 0.500. The Morgan fingerprint density at radius 3 is 2.62 bits per heavy atom. The van der Waals surface area contributed by atoms with Crippen molar-refractivity contribution in [2.75, 3.05) is 0 Å². The quantitative estimate of drug-likeness (QED) is 0.840. The SMILES string of the molecule is CCC(C)C(O)c1cccc(OC(F)F)c1. The molecule has 1 rings (SSSR count). The number of aliphatic hydroxyl groups is 1. The first-order chi connectivity index (χ1) is 7.54. The predicted molar refractivity (Wildman–Crippen MR) is 57.5 cm³/mol. The minimum absolute atomic E-state index is 0.0786. The van der Waals surface area contributed by atoms with E-state index in [1.165, 1.54) is 12.1 Å². The molecule has 0 aromatic heterocycles. The van der Waals surface area contributed by atoms with Crippen LogP contribution in [0.2, 0.25) is 0 Å². The highest BCUT2D eigenvalue weighted by Gasteiger charge is 2.15. The molecule has 2 unspecified atom stereocenters. The maximum atomic E-state index is 12.0.